The number of fused-ring (bicyclic) bond motifs is 1. The van der Waals surface area contributed by atoms with Crippen molar-refractivity contribution in [1.29, 1.82) is 0 Å². The molecule has 1 atom stereocenters. The molecule has 0 saturated heterocycles. The third-order valence-corrected chi connectivity index (χ3v) is 7.17. The van der Waals surface area contributed by atoms with E-state index in [0.717, 1.165) is 11.1 Å². The summed E-state index contributed by atoms with van der Waals surface area (Å²) in [6.45, 7) is 2.36. The van der Waals surface area contributed by atoms with Crippen molar-refractivity contribution in [3.05, 3.63) is 95.6 Å². The lowest BCUT2D eigenvalue weighted by molar-refractivity contribution is -0.137. The van der Waals surface area contributed by atoms with Crippen LogP contribution in [0.3, 0.4) is 0 Å². The predicted molar refractivity (Wildman–Crippen MR) is 125 cm³/mol. The minimum Gasteiger partial charge on any atom is -0.476 e. The molecule has 1 amide bonds. The summed E-state index contributed by atoms with van der Waals surface area (Å²) in [5, 5.41) is 0. The number of para-hydroxylation sites is 2. The van der Waals surface area contributed by atoms with Gasteiger partial charge in [0.1, 0.15) is 5.75 Å². The van der Waals surface area contributed by atoms with Crippen molar-refractivity contribution < 1.29 is 17.9 Å². The molecule has 166 valence electrons. The molecule has 0 aliphatic carbocycles. The van der Waals surface area contributed by atoms with Gasteiger partial charge in [0.25, 0.3) is 5.91 Å². The fourth-order valence-electron chi connectivity index (χ4n) is 3.75. The van der Waals surface area contributed by atoms with Gasteiger partial charge in [-0.15, -0.1) is 0 Å². The first-order valence-corrected chi connectivity index (χ1v) is 12.0. The third-order valence-electron chi connectivity index (χ3n) is 5.45. The quantitative estimate of drug-likeness (QED) is 0.574. The summed E-state index contributed by atoms with van der Waals surface area (Å²) in [5.74, 6) is -0.0279. The van der Waals surface area contributed by atoms with Gasteiger partial charge in [0.15, 0.2) is 6.10 Å². The van der Waals surface area contributed by atoms with E-state index in [4.69, 9.17) is 4.74 Å². The summed E-state index contributed by atoms with van der Waals surface area (Å²) in [4.78, 5) is 14.8. The molecular weight excluding hydrogens is 424 g/mol. The summed E-state index contributed by atoms with van der Waals surface area (Å²) >= 11 is 0. The number of benzene rings is 3. The first-order chi connectivity index (χ1) is 15.3. The van der Waals surface area contributed by atoms with Gasteiger partial charge in [0.05, 0.1) is 18.0 Å². The molecular formula is C25H26N2O4S. The van der Waals surface area contributed by atoms with E-state index in [-0.39, 0.29) is 18.2 Å². The van der Waals surface area contributed by atoms with Crippen LogP contribution in [0.2, 0.25) is 0 Å². The zero-order chi connectivity index (χ0) is 22.7. The molecule has 0 fully saturated rings. The van der Waals surface area contributed by atoms with Crippen molar-refractivity contribution in [2.24, 2.45) is 0 Å². The van der Waals surface area contributed by atoms with E-state index in [2.05, 4.69) is 0 Å². The number of carbonyl (C=O) groups excluding carboxylic acids is 1. The summed E-state index contributed by atoms with van der Waals surface area (Å²) < 4.78 is 33.9. The summed E-state index contributed by atoms with van der Waals surface area (Å²) in [6, 6.07) is 23.9. The molecule has 1 heterocycles. The monoisotopic (exact) mass is 450 g/mol. The van der Waals surface area contributed by atoms with E-state index >= 15 is 0 Å². The maximum atomic E-state index is 13.3. The number of hydrogen-bond acceptors (Lipinski definition) is 4. The topological polar surface area (TPSA) is 66.9 Å². The predicted octanol–water partition coefficient (Wildman–Crippen LogP) is 3.75. The average Bonchev–Trinajstić information content (AvgIpc) is 2.79. The molecule has 0 bridgehead atoms. The molecule has 0 N–H and O–H groups in total. The number of anilines is 1. The summed E-state index contributed by atoms with van der Waals surface area (Å²) in [7, 11) is -2.02. The molecule has 1 unspecified atom stereocenters. The lowest BCUT2D eigenvalue weighted by Crippen LogP contribution is -2.51. The largest absolute Gasteiger partial charge is 0.476 e. The smallest absolute Gasteiger partial charge is 0.265 e. The van der Waals surface area contributed by atoms with Gasteiger partial charge in [0, 0.05) is 13.6 Å². The van der Waals surface area contributed by atoms with Crippen LogP contribution in [0.5, 0.6) is 5.75 Å². The van der Waals surface area contributed by atoms with Gasteiger partial charge in [-0.2, -0.15) is 0 Å². The van der Waals surface area contributed by atoms with Gasteiger partial charge in [0.2, 0.25) is 10.0 Å². The molecule has 3 aromatic rings. The average molecular weight is 451 g/mol. The van der Waals surface area contributed by atoms with Crippen molar-refractivity contribution in [3.8, 4) is 5.75 Å². The first-order valence-electron chi connectivity index (χ1n) is 10.4. The molecule has 4 rings (SSSR count). The first kappa shape index (κ1) is 21.9. The van der Waals surface area contributed by atoms with Crippen LogP contribution in [0, 0.1) is 6.92 Å². The van der Waals surface area contributed by atoms with E-state index in [0.29, 0.717) is 23.5 Å². The molecule has 32 heavy (non-hydrogen) atoms. The van der Waals surface area contributed by atoms with Crippen molar-refractivity contribution in [2.75, 3.05) is 17.9 Å². The Balaban J connectivity index is 1.57. The molecule has 3 aromatic carbocycles. The lowest BCUT2D eigenvalue weighted by atomic mass is 10.1. The van der Waals surface area contributed by atoms with Gasteiger partial charge >= 0.3 is 0 Å². The Morgan fingerprint density at radius 1 is 0.969 bits per heavy atom. The number of amides is 1. The molecule has 6 nitrogen and oxygen atoms in total. The zero-order valence-electron chi connectivity index (χ0n) is 18.1. The number of ether oxygens (including phenoxy) is 1. The highest BCUT2D eigenvalue weighted by molar-refractivity contribution is 7.92. The van der Waals surface area contributed by atoms with Crippen LogP contribution in [0.25, 0.3) is 0 Å². The second-order valence-electron chi connectivity index (χ2n) is 8.03. The normalized spacial score (nSPS) is 15.6. The third kappa shape index (κ3) is 4.78. The minimum atomic E-state index is -3.72. The van der Waals surface area contributed by atoms with Crippen LogP contribution < -0.4 is 9.04 Å². The Bertz CT molecular complexity index is 1190. The van der Waals surface area contributed by atoms with Crippen LogP contribution in [0.4, 0.5) is 5.69 Å². The molecule has 0 radical (unpaired) electrons. The van der Waals surface area contributed by atoms with Crippen molar-refractivity contribution >= 4 is 21.6 Å². The number of nitrogens with zero attached hydrogens (tertiary/aromatic N) is 2. The fourth-order valence-corrected chi connectivity index (χ4v) is 5.33. The maximum absolute atomic E-state index is 13.3. The number of sulfonamides is 1. The number of rotatable bonds is 6. The molecule has 0 spiro atoms. The van der Waals surface area contributed by atoms with E-state index in [1.54, 1.807) is 48.3 Å². The van der Waals surface area contributed by atoms with E-state index < -0.39 is 16.1 Å². The van der Waals surface area contributed by atoms with Gasteiger partial charge < -0.3 is 9.64 Å². The molecule has 0 aromatic heterocycles. The van der Waals surface area contributed by atoms with Crippen LogP contribution in [-0.2, 0) is 27.1 Å². The standard InChI is InChI=1S/C25H26N2O4S/c1-19-12-14-20(15-13-19)16-26(2)25(28)24-17-27(22-10-6-7-11-23(22)31-24)32(29,30)18-21-8-4-3-5-9-21/h3-15,24H,16-18H2,1-2H3. The lowest BCUT2D eigenvalue weighted by Gasteiger charge is -2.36. The highest BCUT2D eigenvalue weighted by Crippen LogP contribution is 2.36. The van der Waals surface area contributed by atoms with Gasteiger partial charge in [-0.05, 0) is 30.2 Å². The minimum absolute atomic E-state index is 0.0662. The van der Waals surface area contributed by atoms with Crippen molar-refractivity contribution in [1.82, 2.24) is 4.90 Å². The van der Waals surface area contributed by atoms with E-state index in [1.165, 1.54) is 4.31 Å². The van der Waals surface area contributed by atoms with Crippen LogP contribution in [0.1, 0.15) is 16.7 Å². The zero-order valence-corrected chi connectivity index (χ0v) is 19.0. The second-order valence-corrected chi connectivity index (χ2v) is 9.92. The Hall–Kier alpha value is -3.32. The molecule has 1 aliphatic heterocycles. The highest BCUT2D eigenvalue weighted by Gasteiger charge is 2.37. The number of likely N-dealkylation sites (N-methyl/N-ethyl adjacent to an activating group) is 1. The number of aryl methyl sites for hydroxylation is 1. The second kappa shape index (κ2) is 9.04. The SMILES string of the molecule is Cc1ccc(CN(C)C(=O)C2CN(S(=O)(=O)Cc3ccccc3)c3ccccc3O2)cc1. The Morgan fingerprint density at radius 2 is 1.62 bits per heavy atom. The molecule has 1 aliphatic rings. The van der Waals surface area contributed by atoms with Crippen LogP contribution in [0.15, 0.2) is 78.9 Å². The van der Waals surface area contributed by atoms with Crippen molar-refractivity contribution in [2.45, 2.75) is 25.3 Å². The highest BCUT2D eigenvalue weighted by atomic mass is 32.2. The van der Waals surface area contributed by atoms with Crippen LogP contribution in [-0.4, -0.2) is 38.9 Å². The maximum Gasteiger partial charge on any atom is 0.265 e. The fraction of sp³-hybridized carbons (Fsp3) is 0.240. The van der Waals surface area contributed by atoms with Gasteiger partial charge in [-0.25, -0.2) is 8.42 Å². The summed E-state index contributed by atoms with van der Waals surface area (Å²) in [5.41, 5.74) is 3.29. The molecule has 0 saturated carbocycles. The number of carbonyl (C=O) groups is 1. The summed E-state index contributed by atoms with van der Waals surface area (Å²) in [6.07, 6.45) is -0.925. The van der Waals surface area contributed by atoms with E-state index in [1.807, 2.05) is 49.4 Å². The van der Waals surface area contributed by atoms with Crippen LogP contribution >= 0.6 is 0 Å². The molecule has 7 heteroatoms. The Labute approximate surface area is 189 Å². The Kier molecular flexibility index (Phi) is 6.19. The Morgan fingerprint density at radius 3 is 2.34 bits per heavy atom. The van der Waals surface area contributed by atoms with E-state index in [9.17, 15) is 13.2 Å². The number of hydrogen-bond donors (Lipinski definition) is 0. The van der Waals surface area contributed by atoms with Crippen molar-refractivity contribution in [3.63, 3.8) is 0 Å². The van der Waals surface area contributed by atoms with Gasteiger partial charge in [-0.3, -0.25) is 9.10 Å². The van der Waals surface area contributed by atoms with Gasteiger partial charge in [-0.1, -0.05) is 72.3 Å².